The van der Waals surface area contributed by atoms with Gasteiger partial charge in [-0.2, -0.15) is 0 Å². The third-order valence-corrected chi connectivity index (χ3v) is 0. The van der Waals surface area contributed by atoms with Crippen molar-refractivity contribution in [3.63, 3.8) is 0 Å². The molecule has 58 valence electrons. The number of aliphatic hydroxyl groups is 2. The van der Waals surface area contributed by atoms with Gasteiger partial charge >= 0.3 is 21.7 Å². The smallest absolute Gasteiger partial charge is 1.00 e. The van der Waals surface area contributed by atoms with E-state index in [0.717, 1.165) is 0 Å². The van der Waals surface area contributed by atoms with Crippen molar-refractivity contribution in [2.45, 2.75) is 13.8 Å². The molecule has 0 aromatic rings. The molecule has 0 heterocycles. The number of hydrogen-bond donors (Lipinski definition) is 2. The summed E-state index contributed by atoms with van der Waals surface area (Å²) in [4.78, 5) is 0. The van der Waals surface area contributed by atoms with E-state index in [-0.39, 0.29) is 44.3 Å². The maximum atomic E-state index is 7.57. The molecule has 0 saturated heterocycles. The van der Waals surface area contributed by atoms with Gasteiger partial charge in [-0.15, -0.1) is 0 Å². The third kappa shape index (κ3) is 1470. The first-order valence-electron chi connectivity index (χ1n) is 2.05. The van der Waals surface area contributed by atoms with Gasteiger partial charge in [0.1, 0.15) is 0 Å². The molecule has 0 aliphatic carbocycles. The van der Waals surface area contributed by atoms with E-state index in [1.165, 1.54) is 0 Å². The quantitative estimate of drug-likeness (QED) is 0.362. The molecule has 0 aromatic carbocycles. The van der Waals surface area contributed by atoms with E-state index in [2.05, 4.69) is 0 Å². The summed E-state index contributed by atoms with van der Waals surface area (Å²) in [5.41, 5.74) is 0. The molecular formula is C4H12F2O2Ti. The standard InChI is InChI=1S/2C2H6O.2FH.Ti/c2*1-2-3;;;/h2*3H,2H2,1H3;2*1H;/q;;;;+2/p-2. The first kappa shape index (κ1) is 33.9. The van der Waals surface area contributed by atoms with Gasteiger partial charge in [-0.05, 0) is 13.8 Å². The minimum atomic E-state index is 0. The molecule has 0 aliphatic heterocycles. The topological polar surface area (TPSA) is 40.5 Å². The van der Waals surface area contributed by atoms with Gasteiger partial charge in [-0.25, -0.2) is 0 Å². The Balaban J connectivity index is -0.00000000889. The Bertz CT molecular complexity index is 18.5. The van der Waals surface area contributed by atoms with Crippen LogP contribution in [0.25, 0.3) is 0 Å². The molecule has 0 radical (unpaired) electrons. The summed E-state index contributed by atoms with van der Waals surface area (Å²) in [6, 6.07) is 0. The van der Waals surface area contributed by atoms with Gasteiger partial charge in [0.2, 0.25) is 0 Å². The van der Waals surface area contributed by atoms with Gasteiger partial charge in [-0.1, -0.05) is 0 Å². The van der Waals surface area contributed by atoms with Gasteiger partial charge < -0.3 is 19.6 Å². The maximum absolute atomic E-state index is 7.57. The van der Waals surface area contributed by atoms with Crippen molar-refractivity contribution in [3.8, 4) is 0 Å². The predicted octanol–water partition coefficient (Wildman–Crippen LogP) is -6.00. The second-order valence-corrected chi connectivity index (χ2v) is 0.632. The summed E-state index contributed by atoms with van der Waals surface area (Å²) < 4.78 is 0. The minimum Gasteiger partial charge on any atom is -1.00 e. The van der Waals surface area contributed by atoms with Crippen molar-refractivity contribution in [2.24, 2.45) is 0 Å². The average Bonchev–Trinajstić information content (AvgIpc) is 1.39. The molecule has 0 aromatic heterocycles. The summed E-state index contributed by atoms with van der Waals surface area (Å²) in [5, 5.41) is 15.1. The Labute approximate surface area is 68.9 Å². The molecule has 0 unspecified atom stereocenters. The fourth-order valence-electron chi connectivity index (χ4n) is 0. The molecule has 0 saturated carbocycles. The minimum absolute atomic E-state index is 0. The second kappa shape index (κ2) is 76.7. The van der Waals surface area contributed by atoms with Crippen LogP contribution in [0.2, 0.25) is 0 Å². The SMILES string of the molecule is CCO.CCO.[F-].[F-].[Ti+2]. The van der Waals surface area contributed by atoms with Gasteiger partial charge in [0.15, 0.2) is 0 Å². The van der Waals surface area contributed by atoms with Gasteiger partial charge in [0.25, 0.3) is 0 Å². The van der Waals surface area contributed by atoms with Crippen LogP contribution in [0.4, 0.5) is 0 Å². The van der Waals surface area contributed by atoms with Gasteiger partial charge in [0.05, 0.1) is 0 Å². The van der Waals surface area contributed by atoms with Crippen LogP contribution in [0, 0.1) is 0 Å². The largest absolute Gasteiger partial charge is 2.00 e. The first-order valence-corrected chi connectivity index (χ1v) is 2.05. The van der Waals surface area contributed by atoms with Crippen molar-refractivity contribution in [2.75, 3.05) is 13.2 Å². The molecule has 0 atom stereocenters. The van der Waals surface area contributed by atoms with E-state index in [1.807, 2.05) is 0 Å². The van der Waals surface area contributed by atoms with E-state index < -0.39 is 0 Å². The first-order chi connectivity index (χ1) is 2.83. The second-order valence-electron chi connectivity index (χ2n) is 0.632. The fraction of sp³-hybridized carbons (Fsp3) is 1.00. The van der Waals surface area contributed by atoms with Crippen LogP contribution in [0.5, 0.6) is 0 Å². The number of rotatable bonds is 0. The van der Waals surface area contributed by atoms with Crippen molar-refractivity contribution in [1.29, 1.82) is 0 Å². The summed E-state index contributed by atoms with van der Waals surface area (Å²) in [6.07, 6.45) is 0. The molecule has 2 N–H and O–H groups in total. The fourth-order valence-corrected chi connectivity index (χ4v) is 0. The normalized spacial score (nSPS) is 4.00. The molecule has 0 amide bonds. The monoisotopic (exact) mass is 178 g/mol. The van der Waals surface area contributed by atoms with Crippen LogP contribution in [0.1, 0.15) is 13.8 Å². The zero-order valence-electron chi connectivity index (χ0n) is 5.56. The van der Waals surface area contributed by atoms with Crippen LogP contribution >= 0.6 is 0 Å². The Morgan fingerprint density at radius 2 is 0.889 bits per heavy atom. The summed E-state index contributed by atoms with van der Waals surface area (Å²) in [5.74, 6) is 0. The molecule has 0 spiro atoms. The van der Waals surface area contributed by atoms with E-state index in [0.29, 0.717) is 0 Å². The molecule has 5 heteroatoms. The average molecular weight is 178 g/mol. The summed E-state index contributed by atoms with van der Waals surface area (Å²) in [7, 11) is 0. The molecule has 0 fully saturated rings. The van der Waals surface area contributed by atoms with Gasteiger partial charge in [-0.3, -0.25) is 0 Å². The zero-order chi connectivity index (χ0) is 5.41. The van der Waals surface area contributed by atoms with E-state index >= 15 is 0 Å². The van der Waals surface area contributed by atoms with Gasteiger partial charge in [0, 0.05) is 13.2 Å². The van der Waals surface area contributed by atoms with Crippen LogP contribution in [-0.2, 0) is 21.7 Å². The molecule has 0 rings (SSSR count). The predicted molar refractivity (Wildman–Crippen MR) is 25.5 cm³/mol. The van der Waals surface area contributed by atoms with Crippen LogP contribution in [-0.4, -0.2) is 23.4 Å². The third-order valence-electron chi connectivity index (χ3n) is 0. The Morgan fingerprint density at radius 3 is 0.889 bits per heavy atom. The van der Waals surface area contributed by atoms with E-state index in [4.69, 9.17) is 10.2 Å². The van der Waals surface area contributed by atoms with Crippen molar-refractivity contribution in [3.05, 3.63) is 0 Å². The Kier molecular flexibility index (Phi) is 289. The summed E-state index contributed by atoms with van der Waals surface area (Å²) >= 11 is 0. The number of aliphatic hydroxyl groups excluding tert-OH is 2. The van der Waals surface area contributed by atoms with E-state index in [1.54, 1.807) is 13.8 Å². The van der Waals surface area contributed by atoms with Crippen molar-refractivity contribution >= 4 is 0 Å². The van der Waals surface area contributed by atoms with Crippen molar-refractivity contribution < 1.29 is 41.3 Å². The van der Waals surface area contributed by atoms with Crippen LogP contribution in [0.3, 0.4) is 0 Å². The molecule has 9 heavy (non-hydrogen) atoms. The molecule has 2 nitrogen and oxygen atoms in total. The molecule has 0 aliphatic rings. The zero-order valence-corrected chi connectivity index (χ0v) is 7.13. The summed E-state index contributed by atoms with van der Waals surface area (Å²) in [6.45, 7) is 3.86. The van der Waals surface area contributed by atoms with Crippen LogP contribution < -0.4 is 9.41 Å². The molecular weight excluding hydrogens is 166 g/mol. The van der Waals surface area contributed by atoms with E-state index in [9.17, 15) is 0 Å². The Hall–Kier alpha value is 0.494. The Morgan fingerprint density at radius 1 is 0.889 bits per heavy atom. The number of hydrogen-bond acceptors (Lipinski definition) is 2. The molecule has 0 bridgehead atoms. The maximum Gasteiger partial charge on any atom is 2.00 e. The van der Waals surface area contributed by atoms with Crippen molar-refractivity contribution in [1.82, 2.24) is 0 Å². The van der Waals surface area contributed by atoms with Crippen LogP contribution in [0.15, 0.2) is 0 Å². The number of halogens is 2.